The fourth-order valence-corrected chi connectivity index (χ4v) is 10.6. The Hall–Kier alpha value is 0.951. The van der Waals surface area contributed by atoms with E-state index in [0.29, 0.717) is 0 Å². The third kappa shape index (κ3) is 17.6. The van der Waals surface area contributed by atoms with Gasteiger partial charge in [-0.25, -0.2) is 0 Å². The molecule has 0 radical (unpaired) electrons. The van der Waals surface area contributed by atoms with Crippen LogP contribution in [-0.2, 0) is 4.74 Å². The minimum Gasteiger partial charge on any atom is -1.00 e. The largest absolute Gasteiger partial charge is 1.00 e. The molecule has 88 valence electrons. The van der Waals surface area contributed by atoms with Crippen LogP contribution >= 0.6 is 0 Å². The summed E-state index contributed by atoms with van der Waals surface area (Å²) >= 11 is 0. The molecule has 1 fully saturated rings. The topological polar surface area (TPSA) is 21.3 Å². The van der Waals surface area contributed by atoms with Crippen LogP contribution in [0.5, 0.6) is 0 Å². The normalized spacial score (nSPS) is 16.4. The molecule has 0 spiro atoms. The van der Waals surface area contributed by atoms with E-state index in [1.165, 1.54) is 12.8 Å². The third-order valence-electron chi connectivity index (χ3n) is 1.58. The van der Waals surface area contributed by atoms with Crippen LogP contribution in [0.1, 0.15) is 14.3 Å². The van der Waals surface area contributed by atoms with E-state index in [0.717, 1.165) is 13.2 Å². The molecule has 0 saturated carbocycles. The predicted octanol–water partition coefficient (Wildman–Crippen LogP) is 0.159. The molecule has 2 nitrogen and oxygen atoms in total. The van der Waals surface area contributed by atoms with Gasteiger partial charge in [-0.05, 0) is 12.8 Å². The first-order valence-corrected chi connectivity index (χ1v) is 12.6. The molecule has 0 aliphatic carbocycles. The molecule has 0 unspecified atom stereocenters. The van der Waals surface area contributed by atoms with E-state index in [2.05, 4.69) is 43.9 Å². The minimum atomic E-state index is -0.981. The second-order valence-electron chi connectivity index (χ2n) is 5.94. The van der Waals surface area contributed by atoms with E-state index in [-0.39, 0.29) is 20.3 Å². The van der Waals surface area contributed by atoms with Gasteiger partial charge in [-0.15, -0.1) is 0 Å². The van der Waals surface area contributed by atoms with Gasteiger partial charge in [0.05, 0.1) is 0 Å². The first-order valence-electron chi connectivity index (χ1n) is 5.58. The van der Waals surface area contributed by atoms with Gasteiger partial charge in [0.15, 0.2) is 0 Å². The van der Waals surface area contributed by atoms with Crippen LogP contribution in [0.2, 0.25) is 39.3 Å². The summed E-state index contributed by atoms with van der Waals surface area (Å²) in [4.78, 5) is 0. The molecule has 0 aromatic carbocycles. The van der Waals surface area contributed by atoms with Crippen LogP contribution in [0.15, 0.2) is 0 Å². The molecule has 0 amide bonds. The van der Waals surface area contributed by atoms with Crippen LogP contribution in [0, 0.1) is 0 Å². The molecule has 0 aromatic rings. The molecule has 5 heteroatoms. The Morgan fingerprint density at radius 1 is 0.867 bits per heavy atom. The average Bonchev–Trinajstić information content (AvgIpc) is 2.29. The summed E-state index contributed by atoms with van der Waals surface area (Å²) in [6.07, 6.45) is 2.56. The van der Waals surface area contributed by atoms with Gasteiger partial charge in [0.1, 0.15) is 16.5 Å². The van der Waals surface area contributed by atoms with Crippen molar-refractivity contribution in [1.82, 2.24) is 4.65 Å². The summed E-state index contributed by atoms with van der Waals surface area (Å²) in [6, 6.07) is 0. The second-order valence-corrected chi connectivity index (χ2v) is 15.9. The maximum Gasteiger partial charge on any atom is 1.00 e. The van der Waals surface area contributed by atoms with Gasteiger partial charge < -0.3 is 10.8 Å². The van der Waals surface area contributed by atoms with Crippen molar-refractivity contribution < 1.29 is 25.0 Å². The Morgan fingerprint density at radius 3 is 1.27 bits per heavy atom. The van der Waals surface area contributed by atoms with Crippen molar-refractivity contribution in [2.45, 2.75) is 52.1 Å². The zero-order valence-corrected chi connectivity index (χ0v) is 13.7. The van der Waals surface area contributed by atoms with Crippen LogP contribution in [-0.4, -0.2) is 29.7 Å². The maximum absolute atomic E-state index is 4.94. The van der Waals surface area contributed by atoms with E-state index in [4.69, 9.17) is 4.74 Å². The second kappa shape index (κ2) is 8.10. The van der Waals surface area contributed by atoms with Crippen LogP contribution in [0.25, 0.3) is 0 Å². The van der Waals surface area contributed by atoms with Gasteiger partial charge in [0.25, 0.3) is 0 Å². The van der Waals surface area contributed by atoms with E-state index in [1.807, 2.05) is 0 Å². The molecule has 1 aliphatic heterocycles. The first kappa shape index (κ1) is 18.3. The van der Waals surface area contributed by atoms with Gasteiger partial charge in [0.2, 0.25) is 0 Å². The molecule has 1 saturated heterocycles. The Balaban J connectivity index is -0.000000208. The van der Waals surface area contributed by atoms with Gasteiger partial charge in [0, 0.05) is 13.2 Å². The molecule has 1 rings (SSSR count). The molecular formula is C10H28LiNOSi2. The van der Waals surface area contributed by atoms with Gasteiger partial charge in [-0.2, -0.15) is 0 Å². The summed E-state index contributed by atoms with van der Waals surface area (Å²) in [5, 5.41) is 0. The molecule has 1 aliphatic rings. The molecular weight excluding hydrogens is 213 g/mol. The standard InChI is InChI=1S/C6H19NSi2.C4H8O.Li.H/c1-8(2,3)7-9(4,5)6;1-2-4-5-3-1;;/h7H,1-6H3;1-4H2;;/q;;+1;-1. The Morgan fingerprint density at radius 2 is 1.20 bits per heavy atom. The zero-order valence-electron chi connectivity index (χ0n) is 12.7. The van der Waals surface area contributed by atoms with Crippen molar-refractivity contribution >= 4 is 16.5 Å². The average molecular weight is 241 g/mol. The Kier molecular flexibility index (Phi) is 9.90. The zero-order chi connectivity index (χ0) is 11.2. The monoisotopic (exact) mass is 241 g/mol. The SMILES string of the molecule is C1CCOC1.C[Si](C)(C)N[Si](C)(C)C.[H-].[Li+]. The van der Waals surface area contributed by atoms with Crippen molar-refractivity contribution in [2.75, 3.05) is 13.2 Å². The maximum atomic E-state index is 4.94. The van der Waals surface area contributed by atoms with Crippen molar-refractivity contribution in [3.63, 3.8) is 0 Å². The van der Waals surface area contributed by atoms with Crippen molar-refractivity contribution in [3.8, 4) is 0 Å². The first-order chi connectivity index (χ1) is 6.21. The molecule has 0 atom stereocenters. The predicted molar refractivity (Wildman–Crippen MR) is 71.0 cm³/mol. The molecule has 1 N–H and O–H groups in total. The van der Waals surface area contributed by atoms with Crippen molar-refractivity contribution in [3.05, 3.63) is 0 Å². The molecule has 1 heterocycles. The van der Waals surface area contributed by atoms with E-state index < -0.39 is 16.5 Å². The summed E-state index contributed by atoms with van der Waals surface area (Å²) in [7, 11) is -1.96. The van der Waals surface area contributed by atoms with Crippen molar-refractivity contribution in [1.29, 1.82) is 0 Å². The van der Waals surface area contributed by atoms with Crippen LogP contribution in [0.4, 0.5) is 0 Å². The van der Waals surface area contributed by atoms with Crippen LogP contribution < -0.4 is 23.5 Å². The molecule has 0 bridgehead atoms. The van der Waals surface area contributed by atoms with Gasteiger partial charge >= 0.3 is 18.9 Å². The van der Waals surface area contributed by atoms with Gasteiger partial charge in [-0.3, -0.25) is 0 Å². The smallest absolute Gasteiger partial charge is 1.00 e. The minimum absolute atomic E-state index is 0. The Bertz CT molecular complexity index is 136. The third-order valence-corrected chi connectivity index (χ3v) is 7.58. The van der Waals surface area contributed by atoms with E-state index >= 15 is 0 Å². The number of nitrogens with one attached hydrogen (secondary N) is 1. The van der Waals surface area contributed by atoms with E-state index in [1.54, 1.807) is 0 Å². The number of hydrogen-bond donors (Lipinski definition) is 1. The summed E-state index contributed by atoms with van der Waals surface area (Å²) in [5.41, 5.74) is 0. The molecule has 15 heavy (non-hydrogen) atoms. The number of ether oxygens (including phenoxy) is 1. The fraction of sp³-hybridized carbons (Fsp3) is 1.00. The quantitative estimate of drug-likeness (QED) is 0.696. The molecule has 0 aromatic heterocycles. The Labute approximate surface area is 111 Å². The summed E-state index contributed by atoms with van der Waals surface area (Å²) in [6.45, 7) is 16.1. The number of rotatable bonds is 2. The summed E-state index contributed by atoms with van der Waals surface area (Å²) in [5.74, 6) is 0. The van der Waals surface area contributed by atoms with Crippen LogP contribution in [0.3, 0.4) is 0 Å². The van der Waals surface area contributed by atoms with Gasteiger partial charge in [-0.1, -0.05) is 39.3 Å². The van der Waals surface area contributed by atoms with Crippen molar-refractivity contribution in [2.24, 2.45) is 0 Å². The fourth-order valence-electron chi connectivity index (χ4n) is 1.64. The van der Waals surface area contributed by atoms with E-state index in [9.17, 15) is 0 Å². The summed E-state index contributed by atoms with van der Waals surface area (Å²) < 4.78 is 8.68. The number of hydrogen-bond acceptors (Lipinski definition) is 2.